The fourth-order valence-electron chi connectivity index (χ4n) is 4.15. The first kappa shape index (κ1) is 20.8. The summed E-state index contributed by atoms with van der Waals surface area (Å²) in [6.45, 7) is 8.55. The molecule has 2 aromatic carbocycles. The van der Waals surface area contributed by atoms with Crippen LogP contribution in [-0.2, 0) is 9.53 Å². The van der Waals surface area contributed by atoms with E-state index >= 15 is 0 Å². The van der Waals surface area contributed by atoms with Crippen molar-refractivity contribution >= 4 is 28.3 Å². The molecule has 6 nitrogen and oxygen atoms in total. The maximum atomic E-state index is 13.1. The highest BCUT2D eigenvalue weighted by atomic mass is 16.5. The summed E-state index contributed by atoms with van der Waals surface area (Å²) < 4.78 is 5.81. The summed E-state index contributed by atoms with van der Waals surface area (Å²) in [6, 6.07) is 11.9. The van der Waals surface area contributed by atoms with Gasteiger partial charge in [-0.05, 0) is 56.5 Å². The van der Waals surface area contributed by atoms with Crippen molar-refractivity contribution in [3.05, 3.63) is 42.0 Å². The van der Waals surface area contributed by atoms with Crippen LogP contribution in [0.2, 0.25) is 0 Å². The van der Waals surface area contributed by atoms with Gasteiger partial charge in [0, 0.05) is 31.6 Å². The second kappa shape index (κ2) is 8.74. The Morgan fingerprint density at radius 1 is 1.10 bits per heavy atom. The van der Waals surface area contributed by atoms with Crippen molar-refractivity contribution in [2.45, 2.75) is 51.9 Å². The highest BCUT2D eigenvalue weighted by Gasteiger charge is 2.30. The van der Waals surface area contributed by atoms with Crippen molar-refractivity contribution in [1.29, 1.82) is 0 Å². The molecule has 6 heteroatoms. The number of nitrogens with one attached hydrogen (secondary N) is 2. The van der Waals surface area contributed by atoms with E-state index in [1.807, 2.05) is 36.4 Å². The zero-order valence-electron chi connectivity index (χ0n) is 18.0. The summed E-state index contributed by atoms with van der Waals surface area (Å²) in [6.07, 6.45) is 2.23. The van der Waals surface area contributed by atoms with Gasteiger partial charge in [0.2, 0.25) is 5.91 Å². The lowest BCUT2D eigenvalue weighted by Gasteiger charge is -2.39. The molecule has 1 aliphatic heterocycles. The summed E-state index contributed by atoms with van der Waals surface area (Å²) in [5.74, 6) is -0.0743. The Balaban J connectivity index is 1.49. The second-order valence-corrected chi connectivity index (χ2v) is 8.78. The number of hydrogen-bond donors (Lipinski definition) is 2. The van der Waals surface area contributed by atoms with Crippen molar-refractivity contribution in [2.24, 2.45) is 5.92 Å². The lowest BCUT2D eigenvalue weighted by Crippen LogP contribution is -2.52. The molecule has 0 bridgehead atoms. The van der Waals surface area contributed by atoms with Crippen LogP contribution in [0, 0.1) is 5.92 Å². The minimum atomic E-state index is -0.159. The molecule has 0 aromatic heterocycles. The van der Waals surface area contributed by atoms with Crippen molar-refractivity contribution in [3.63, 3.8) is 0 Å². The molecule has 30 heavy (non-hydrogen) atoms. The van der Waals surface area contributed by atoms with Gasteiger partial charge in [0.25, 0.3) is 5.91 Å². The minimum Gasteiger partial charge on any atom is -0.373 e. The summed E-state index contributed by atoms with van der Waals surface area (Å²) in [4.78, 5) is 27.8. The van der Waals surface area contributed by atoms with Crippen molar-refractivity contribution in [3.8, 4) is 0 Å². The van der Waals surface area contributed by atoms with Gasteiger partial charge in [-0.25, -0.2) is 0 Å². The second-order valence-electron chi connectivity index (χ2n) is 8.78. The lowest BCUT2D eigenvalue weighted by molar-refractivity contribution is -0.117. The molecule has 1 saturated heterocycles. The number of hydrogen-bond acceptors (Lipinski definition) is 4. The van der Waals surface area contributed by atoms with Gasteiger partial charge >= 0.3 is 0 Å². The van der Waals surface area contributed by atoms with E-state index in [0.29, 0.717) is 17.8 Å². The molecule has 0 radical (unpaired) electrons. The molecule has 4 rings (SSSR count). The maximum Gasteiger partial charge on any atom is 0.253 e. The van der Waals surface area contributed by atoms with Gasteiger partial charge in [0.05, 0.1) is 23.5 Å². The SMILES string of the molecule is CC1CN(C(C)CNC(=O)c2cc3ccccc3cc2NC(=O)C2CC2)CC(C)O1. The Labute approximate surface area is 178 Å². The number of benzene rings is 2. The zero-order valence-corrected chi connectivity index (χ0v) is 18.0. The average molecular weight is 410 g/mol. The number of anilines is 1. The third-order valence-corrected chi connectivity index (χ3v) is 5.97. The first-order chi connectivity index (χ1) is 14.4. The monoisotopic (exact) mass is 409 g/mol. The number of rotatable bonds is 6. The summed E-state index contributed by atoms with van der Waals surface area (Å²) >= 11 is 0. The maximum absolute atomic E-state index is 13.1. The third-order valence-electron chi connectivity index (χ3n) is 5.97. The molecule has 2 N–H and O–H groups in total. The summed E-state index contributed by atoms with van der Waals surface area (Å²) in [7, 11) is 0. The van der Waals surface area contributed by atoms with Crippen LogP contribution >= 0.6 is 0 Å². The number of morpholine rings is 1. The van der Waals surface area contributed by atoms with Crippen LogP contribution in [0.3, 0.4) is 0 Å². The van der Waals surface area contributed by atoms with Gasteiger partial charge < -0.3 is 15.4 Å². The number of ether oxygens (including phenoxy) is 1. The Hall–Kier alpha value is -2.44. The zero-order chi connectivity index (χ0) is 21.3. The van der Waals surface area contributed by atoms with Crippen LogP contribution in [0.4, 0.5) is 5.69 Å². The minimum absolute atomic E-state index is 0.00370. The van der Waals surface area contributed by atoms with Gasteiger partial charge in [-0.1, -0.05) is 24.3 Å². The van der Waals surface area contributed by atoms with E-state index in [2.05, 4.69) is 36.3 Å². The van der Waals surface area contributed by atoms with E-state index in [9.17, 15) is 9.59 Å². The first-order valence-corrected chi connectivity index (χ1v) is 10.9. The van der Waals surface area contributed by atoms with E-state index in [4.69, 9.17) is 4.74 Å². The molecular weight excluding hydrogens is 378 g/mol. The number of carbonyl (C=O) groups excluding carboxylic acids is 2. The molecule has 0 spiro atoms. The predicted molar refractivity (Wildman–Crippen MR) is 119 cm³/mol. The molecule has 160 valence electrons. The Kier molecular flexibility index (Phi) is 6.06. The molecule has 2 amide bonds. The Morgan fingerprint density at radius 3 is 2.37 bits per heavy atom. The molecular formula is C24H31N3O3. The van der Waals surface area contributed by atoms with Crippen LogP contribution in [0.5, 0.6) is 0 Å². The molecule has 1 aliphatic carbocycles. The van der Waals surface area contributed by atoms with Crippen LogP contribution in [0.1, 0.15) is 44.0 Å². The molecule has 1 saturated carbocycles. The van der Waals surface area contributed by atoms with E-state index in [0.717, 1.165) is 36.7 Å². The predicted octanol–water partition coefficient (Wildman–Crippen LogP) is 3.42. The van der Waals surface area contributed by atoms with Crippen molar-refractivity contribution in [2.75, 3.05) is 25.0 Å². The van der Waals surface area contributed by atoms with E-state index in [1.54, 1.807) is 0 Å². The smallest absolute Gasteiger partial charge is 0.253 e. The van der Waals surface area contributed by atoms with Crippen LogP contribution in [-0.4, -0.2) is 54.6 Å². The Bertz CT molecular complexity index is 930. The third kappa shape index (κ3) is 4.82. The van der Waals surface area contributed by atoms with Crippen LogP contribution in [0.15, 0.2) is 36.4 Å². The topological polar surface area (TPSA) is 70.7 Å². The molecule has 3 unspecified atom stereocenters. The molecule has 3 atom stereocenters. The van der Waals surface area contributed by atoms with E-state index in [1.165, 1.54) is 0 Å². The molecule has 2 aromatic rings. The Morgan fingerprint density at radius 2 is 1.73 bits per heavy atom. The summed E-state index contributed by atoms with van der Waals surface area (Å²) in [5.41, 5.74) is 1.10. The van der Waals surface area contributed by atoms with Gasteiger partial charge in [0.15, 0.2) is 0 Å². The van der Waals surface area contributed by atoms with Crippen molar-refractivity contribution < 1.29 is 14.3 Å². The fourth-order valence-corrected chi connectivity index (χ4v) is 4.15. The first-order valence-electron chi connectivity index (χ1n) is 10.9. The normalized spacial score (nSPS) is 23.2. The molecule has 2 aliphatic rings. The highest BCUT2D eigenvalue weighted by Crippen LogP contribution is 2.32. The van der Waals surface area contributed by atoms with E-state index < -0.39 is 0 Å². The lowest BCUT2D eigenvalue weighted by atomic mass is 10.0. The van der Waals surface area contributed by atoms with Gasteiger partial charge in [0.1, 0.15) is 0 Å². The highest BCUT2D eigenvalue weighted by molar-refractivity contribution is 6.08. The van der Waals surface area contributed by atoms with Crippen LogP contribution in [0.25, 0.3) is 10.8 Å². The van der Waals surface area contributed by atoms with E-state index in [-0.39, 0.29) is 36.0 Å². The largest absolute Gasteiger partial charge is 0.373 e. The number of amides is 2. The molecule has 1 heterocycles. The number of fused-ring (bicyclic) bond motifs is 1. The molecule has 2 fully saturated rings. The quantitative estimate of drug-likeness (QED) is 0.767. The average Bonchev–Trinajstić information content (AvgIpc) is 3.56. The van der Waals surface area contributed by atoms with Crippen LogP contribution < -0.4 is 10.6 Å². The fraction of sp³-hybridized carbons (Fsp3) is 0.500. The van der Waals surface area contributed by atoms with Gasteiger partial charge in [-0.15, -0.1) is 0 Å². The number of carbonyl (C=O) groups is 2. The summed E-state index contributed by atoms with van der Waals surface area (Å²) in [5, 5.41) is 8.04. The van der Waals surface area contributed by atoms with Gasteiger partial charge in [-0.2, -0.15) is 0 Å². The van der Waals surface area contributed by atoms with Gasteiger partial charge in [-0.3, -0.25) is 14.5 Å². The van der Waals surface area contributed by atoms with Crippen molar-refractivity contribution in [1.82, 2.24) is 10.2 Å². The standard InChI is InChI=1S/C24H31N3O3/c1-15(27-13-16(2)30-17(3)14-27)12-25-24(29)21-10-19-6-4-5-7-20(19)11-22(21)26-23(28)18-8-9-18/h4-7,10-11,15-18H,8-9,12-14H2,1-3H3,(H,25,29)(H,26,28). The number of nitrogens with zero attached hydrogens (tertiary/aromatic N) is 1.